The molecule has 4 heteroatoms. The molecule has 0 bridgehead atoms. The zero-order chi connectivity index (χ0) is 13.1. The third-order valence-corrected chi connectivity index (χ3v) is 3.04. The van der Waals surface area contributed by atoms with Crippen LogP contribution >= 0.6 is 0 Å². The molecule has 0 saturated carbocycles. The first-order chi connectivity index (χ1) is 9.38. The van der Waals surface area contributed by atoms with E-state index in [9.17, 15) is 0 Å². The highest BCUT2D eigenvalue weighted by Gasteiger charge is 2.06. The van der Waals surface area contributed by atoms with Crippen LogP contribution in [0.15, 0.2) is 61.3 Å². The molecule has 19 heavy (non-hydrogen) atoms. The van der Waals surface area contributed by atoms with Crippen molar-refractivity contribution in [3.05, 3.63) is 66.9 Å². The summed E-state index contributed by atoms with van der Waals surface area (Å²) in [5.74, 6) is 0. The number of pyridine rings is 1. The largest absolute Gasteiger partial charge is 0.326 e. The van der Waals surface area contributed by atoms with Gasteiger partial charge in [0.15, 0.2) is 0 Å². The normalized spacial score (nSPS) is 10.6. The molecule has 0 unspecified atom stereocenters. The molecule has 2 aromatic heterocycles. The number of rotatable bonds is 3. The van der Waals surface area contributed by atoms with E-state index in [-0.39, 0.29) is 0 Å². The summed E-state index contributed by atoms with van der Waals surface area (Å²) in [6.45, 7) is 0.535. The van der Waals surface area contributed by atoms with Crippen molar-refractivity contribution in [2.24, 2.45) is 5.73 Å². The maximum atomic E-state index is 5.69. The molecule has 0 amide bonds. The van der Waals surface area contributed by atoms with Gasteiger partial charge in [-0.1, -0.05) is 12.1 Å². The maximum absolute atomic E-state index is 5.69. The minimum atomic E-state index is 0.535. The molecule has 2 heterocycles. The third kappa shape index (κ3) is 2.26. The quantitative estimate of drug-likeness (QED) is 0.776. The second kappa shape index (κ2) is 5.04. The van der Waals surface area contributed by atoms with Gasteiger partial charge in [0.05, 0.1) is 18.2 Å². The molecule has 0 spiro atoms. The SMILES string of the molecule is NCc1cccc(-n2cncc2-c2ccncc2)c1. The van der Waals surface area contributed by atoms with Crippen LogP contribution in [0, 0.1) is 0 Å². The van der Waals surface area contributed by atoms with Gasteiger partial charge < -0.3 is 5.73 Å². The summed E-state index contributed by atoms with van der Waals surface area (Å²) < 4.78 is 2.05. The van der Waals surface area contributed by atoms with Gasteiger partial charge in [-0.05, 0) is 29.8 Å². The molecule has 0 aliphatic rings. The second-order valence-electron chi connectivity index (χ2n) is 4.26. The number of hydrogen-bond acceptors (Lipinski definition) is 3. The van der Waals surface area contributed by atoms with Gasteiger partial charge in [-0.15, -0.1) is 0 Å². The van der Waals surface area contributed by atoms with Crippen molar-refractivity contribution in [2.75, 3.05) is 0 Å². The first-order valence-corrected chi connectivity index (χ1v) is 6.10. The van der Waals surface area contributed by atoms with Gasteiger partial charge in [0.1, 0.15) is 0 Å². The van der Waals surface area contributed by atoms with Crippen molar-refractivity contribution >= 4 is 0 Å². The number of benzene rings is 1. The Labute approximate surface area is 111 Å². The molecule has 0 atom stereocenters. The summed E-state index contributed by atoms with van der Waals surface area (Å²) in [5, 5.41) is 0. The minimum absolute atomic E-state index is 0.535. The van der Waals surface area contributed by atoms with Crippen LogP contribution in [0.3, 0.4) is 0 Å². The van der Waals surface area contributed by atoms with E-state index in [1.807, 2.05) is 42.9 Å². The third-order valence-electron chi connectivity index (χ3n) is 3.04. The first-order valence-electron chi connectivity index (χ1n) is 6.10. The Morgan fingerprint density at radius 3 is 2.68 bits per heavy atom. The minimum Gasteiger partial charge on any atom is -0.326 e. The Balaban J connectivity index is 2.09. The van der Waals surface area contributed by atoms with Crippen LogP contribution < -0.4 is 5.73 Å². The summed E-state index contributed by atoms with van der Waals surface area (Å²) in [6.07, 6.45) is 7.22. The Morgan fingerprint density at radius 1 is 1.05 bits per heavy atom. The highest BCUT2D eigenvalue weighted by molar-refractivity contribution is 5.61. The van der Waals surface area contributed by atoms with Gasteiger partial charge in [-0.3, -0.25) is 9.55 Å². The van der Waals surface area contributed by atoms with Crippen LogP contribution in [0.25, 0.3) is 16.9 Å². The Bertz CT molecular complexity index is 673. The monoisotopic (exact) mass is 250 g/mol. The van der Waals surface area contributed by atoms with Crippen molar-refractivity contribution in [3.8, 4) is 16.9 Å². The van der Waals surface area contributed by atoms with Crippen LogP contribution in [-0.2, 0) is 6.54 Å². The fraction of sp³-hybridized carbons (Fsp3) is 0.0667. The molecule has 4 nitrogen and oxygen atoms in total. The first kappa shape index (κ1) is 11.6. The molecule has 2 N–H and O–H groups in total. The van der Waals surface area contributed by atoms with Crippen molar-refractivity contribution in [3.63, 3.8) is 0 Å². The standard InChI is InChI=1S/C15H14N4/c16-9-12-2-1-3-14(8-12)19-11-18-10-15(19)13-4-6-17-7-5-13/h1-8,10-11H,9,16H2. The molecule has 0 fully saturated rings. The zero-order valence-corrected chi connectivity index (χ0v) is 10.4. The molecular formula is C15H14N4. The average molecular weight is 250 g/mol. The lowest BCUT2D eigenvalue weighted by molar-refractivity contribution is 1.03. The van der Waals surface area contributed by atoms with Crippen LogP contribution in [0.5, 0.6) is 0 Å². The number of imidazole rings is 1. The topological polar surface area (TPSA) is 56.7 Å². The van der Waals surface area contributed by atoms with E-state index in [0.717, 1.165) is 22.5 Å². The summed E-state index contributed by atoms with van der Waals surface area (Å²) in [5.41, 5.74) is 9.98. The number of aromatic nitrogens is 3. The van der Waals surface area contributed by atoms with E-state index in [1.54, 1.807) is 12.4 Å². The van der Waals surface area contributed by atoms with E-state index in [0.29, 0.717) is 6.54 Å². The zero-order valence-electron chi connectivity index (χ0n) is 10.4. The predicted octanol–water partition coefficient (Wildman–Crippen LogP) is 2.39. The van der Waals surface area contributed by atoms with Crippen LogP contribution in [0.2, 0.25) is 0 Å². The van der Waals surface area contributed by atoms with Crippen LogP contribution in [0.4, 0.5) is 0 Å². The molecular weight excluding hydrogens is 236 g/mol. The summed E-state index contributed by atoms with van der Waals surface area (Å²) >= 11 is 0. The molecule has 3 aromatic rings. The van der Waals surface area contributed by atoms with Gasteiger partial charge in [0.25, 0.3) is 0 Å². The molecule has 0 aliphatic carbocycles. The smallest absolute Gasteiger partial charge is 0.0997 e. The number of nitrogens with two attached hydrogens (primary N) is 1. The fourth-order valence-electron chi connectivity index (χ4n) is 2.07. The lowest BCUT2D eigenvalue weighted by atomic mass is 10.1. The Morgan fingerprint density at radius 2 is 1.89 bits per heavy atom. The molecule has 0 radical (unpaired) electrons. The molecule has 0 saturated heterocycles. The van der Waals surface area contributed by atoms with Crippen molar-refractivity contribution in [2.45, 2.75) is 6.54 Å². The number of hydrogen-bond donors (Lipinski definition) is 1. The molecule has 3 rings (SSSR count). The summed E-state index contributed by atoms with van der Waals surface area (Å²) in [6, 6.07) is 12.1. The second-order valence-corrected chi connectivity index (χ2v) is 4.26. The van der Waals surface area contributed by atoms with Crippen molar-refractivity contribution in [1.82, 2.24) is 14.5 Å². The average Bonchev–Trinajstić information content (AvgIpc) is 2.98. The van der Waals surface area contributed by atoms with Gasteiger partial charge in [0.2, 0.25) is 0 Å². The predicted molar refractivity (Wildman–Crippen MR) is 74.7 cm³/mol. The number of nitrogens with zero attached hydrogens (tertiary/aromatic N) is 3. The van der Waals surface area contributed by atoms with Crippen molar-refractivity contribution in [1.29, 1.82) is 0 Å². The lowest BCUT2D eigenvalue weighted by Gasteiger charge is -2.09. The summed E-state index contributed by atoms with van der Waals surface area (Å²) in [7, 11) is 0. The van der Waals surface area contributed by atoms with E-state index in [1.165, 1.54) is 0 Å². The summed E-state index contributed by atoms with van der Waals surface area (Å²) in [4.78, 5) is 8.28. The van der Waals surface area contributed by atoms with Gasteiger partial charge in [-0.25, -0.2) is 4.98 Å². The van der Waals surface area contributed by atoms with Gasteiger partial charge >= 0.3 is 0 Å². The van der Waals surface area contributed by atoms with Crippen LogP contribution in [0.1, 0.15) is 5.56 Å². The van der Waals surface area contributed by atoms with Crippen LogP contribution in [-0.4, -0.2) is 14.5 Å². The van der Waals surface area contributed by atoms with E-state index >= 15 is 0 Å². The van der Waals surface area contributed by atoms with Gasteiger partial charge in [0, 0.05) is 30.2 Å². The Kier molecular flexibility index (Phi) is 3.08. The fourth-order valence-corrected chi connectivity index (χ4v) is 2.07. The van der Waals surface area contributed by atoms with E-state index in [4.69, 9.17) is 5.73 Å². The van der Waals surface area contributed by atoms with E-state index < -0.39 is 0 Å². The molecule has 94 valence electrons. The van der Waals surface area contributed by atoms with E-state index in [2.05, 4.69) is 20.6 Å². The van der Waals surface area contributed by atoms with Crippen molar-refractivity contribution < 1.29 is 0 Å². The van der Waals surface area contributed by atoms with Gasteiger partial charge in [-0.2, -0.15) is 0 Å². The molecule has 1 aromatic carbocycles. The Hall–Kier alpha value is -2.46. The molecule has 0 aliphatic heterocycles. The highest BCUT2D eigenvalue weighted by atomic mass is 15.0. The lowest BCUT2D eigenvalue weighted by Crippen LogP contribution is -2.00. The maximum Gasteiger partial charge on any atom is 0.0997 e. The highest BCUT2D eigenvalue weighted by Crippen LogP contribution is 2.22.